The second-order valence-electron chi connectivity index (χ2n) is 3.33. The van der Waals surface area contributed by atoms with Crippen LogP contribution in [0.25, 0.3) is 0 Å². The Labute approximate surface area is 114 Å². The van der Waals surface area contributed by atoms with Gasteiger partial charge in [0.05, 0.1) is 3.57 Å². The summed E-state index contributed by atoms with van der Waals surface area (Å²) in [4.78, 5) is 8.57. The fraction of sp³-hybridized carbons (Fsp3) is 0.167. The predicted octanol–water partition coefficient (Wildman–Crippen LogP) is 2.70. The van der Waals surface area contributed by atoms with Gasteiger partial charge in [0.1, 0.15) is 18.2 Å². The van der Waals surface area contributed by atoms with E-state index in [0.29, 0.717) is 12.4 Å². The highest BCUT2D eigenvalue weighted by atomic mass is 127. The number of para-hydroxylation sites is 1. The maximum atomic E-state index is 5.58. The first-order valence-corrected chi connectivity index (χ1v) is 6.24. The van der Waals surface area contributed by atoms with E-state index in [9.17, 15) is 0 Å². The third kappa shape index (κ3) is 3.29. The van der Waals surface area contributed by atoms with Crippen LogP contribution >= 0.6 is 22.6 Å². The number of halogens is 1. The van der Waals surface area contributed by atoms with E-state index >= 15 is 0 Å². The van der Waals surface area contributed by atoms with Crippen molar-refractivity contribution in [3.05, 3.63) is 45.9 Å². The van der Waals surface area contributed by atoms with Crippen LogP contribution in [0.3, 0.4) is 0 Å². The lowest BCUT2D eigenvalue weighted by atomic mass is 10.3. The normalized spacial score (nSPS) is 10.0. The van der Waals surface area contributed by atoms with Gasteiger partial charge in [-0.3, -0.25) is 0 Å². The molecule has 17 heavy (non-hydrogen) atoms. The molecule has 0 spiro atoms. The fourth-order valence-electron chi connectivity index (χ4n) is 1.31. The van der Waals surface area contributed by atoms with Crippen molar-refractivity contribution in [1.29, 1.82) is 0 Å². The Bertz CT molecular complexity index is 490. The molecule has 1 heterocycles. The quantitative estimate of drug-likeness (QED) is 0.869. The maximum absolute atomic E-state index is 5.58. The zero-order valence-corrected chi connectivity index (χ0v) is 11.5. The molecule has 0 radical (unpaired) electrons. The summed E-state index contributed by atoms with van der Waals surface area (Å²) in [5.41, 5.74) is 0. The van der Waals surface area contributed by atoms with Gasteiger partial charge >= 0.3 is 0 Å². The molecule has 0 unspecified atom stereocenters. The van der Waals surface area contributed by atoms with E-state index in [-0.39, 0.29) is 0 Å². The van der Waals surface area contributed by atoms with Crippen molar-refractivity contribution in [2.75, 3.05) is 12.4 Å². The van der Waals surface area contributed by atoms with Gasteiger partial charge < -0.3 is 10.1 Å². The van der Waals surface area contributed by atoms with Crippen LogP contribution in [0.4, 0.5) is 5.82 Å². The van der Waals surface area contributed by atoms with Crippen LogP contribution in [0, 0.1) is 3.57 Å². The second kappa shape index (κ2) is 5.81. The predicted molar refractivity (Wildman–Crippen MR) is 75.1 cm³/mol. The molecule has 0 amide bonds. The van der Waals surface area contributed by atoms with E-state index in [0.717, 1.165) is 15.1 Å². The van der Waals surface area contributed by atoms with Gasteiger partial charge in [0.2, 0.25) is 0 Å². The minimum absolute atomic E-state index is 0.371. The lowest BCUT2D eigenvalue weighted by Gasteiger charge is -2.07. The number of nitrogens with one attached hydrogen (secondary N) is 1. The molecule has 0 fully saturated rings. The molecule has 1 aromatic carbocycles. The van der Waals surface area contributed by atoms with E-state index in [1.165, 1.54) is 0 Å². The number of benzene rings is 1. The SMILES string of the molecule is CNc1nc(COc2ccccc2)ncc1I. The summed E-state index contributed by atoms with van der Waals surface area (Å²) in [6, 6.07) is 9.64. The molecule has 4 nitrogen and oxygen atoms in total. The monoisotopic (exact) mass is 341 g/mol. The van der Waals surface area contributed by atoms with Gasteiger partial charge in [-0.2, -0.15) is 0 Å². The number of aromatic nitrogens is 2. The summed E-state index contributed by atoms with van der Waals surface area (Å²) < 4.78 is 6.57. The summed E-state index contributed by atoms with van der Waals surface area (Å²) in [7, 11) is 1.84. The van der Waals surface area contributed by atoms with Crippen LogP contribution in [-0.4, -0.2) is 17.0 Å². The lowest BCUT2D eigenvalue weighted by molar-refractivity contribution is 0.296. The van der Waals surface area contributed by atoms with Gasteiger partial charge in [-0.15, -0.1) is 0 Å². The zero-order chi connectivity index (χ0) is 12.1. The Morgan fingerprint density at radius 1 is 1.29 bits per heavy atom. The molecular weight excluding hydrogens is 329 g/mol. The van der Waals surface area contributed by atoms with Crippen LogP contribution in [-0.2, 0) is 6.61 Å². The van der Waals surface area contributed by atoms with Crippen molar-refractivity contribution < 1.29 is 4.74 Å². The fourth-order valence-corrected chi connectivity index (χ4v) is 1.84. The van der Waals surface area contributed by atoms with Gasteiger partial charge in [-0.05, 0) is 34.7 Å². The number of ether oxygens (including phenoxy) is 1. The molecule has 0 aliphatic carbocycles. The van der Waals surface area contributed by atoms with Crippen LogP contribution in [0.1, 0.15) is 5.82 Å². The van der Waals surface area contributed by atoms with E-state index in [1.807, 2.05) is 37.4 Å². The van der Waals surface area contributed by atoms with Gasteiger partial charge in [0.25, 0.3) is 0 Å². The summed E-state index contributed by atoms with van der Waals surface area (Å²) in [6.07, 6.45) is 1.78. The molecule has 0 aliphatic rings. The van der Waals surface area contributed by atoms with Crippen molar-refractivity contribution in [1.82, 2.24) is 9.97 Å². The molecule has 1 aromatic heterocycles. The minimum Gasteiger partial charge on any atom is -0.486 e. The molecule has 2 aromatic rings. The van der Waals surface area contributed by atoms with Crippen molar-refractivity contribution in [2.24, 2.45) is 0 Å². The lowest BCUT2D eigenvalue weighted by Crippen LogP contribution is -2.05. The molecule has 2 rings (SSSR count). The Hall–Kier alpha value is -1.37. The number of hydrogen-bond donors (Lipinski definition) is 1. The van der Waals surface area contributed by atoms with E-state index in [2.05, 4.69) is 37.9 Å². The Morgan fingerprint density at radius 3 is 2.76 bits per heavy atom. The van der Waals surface area contributed by atoms with Crippen LogP contribution in [0.2, 0.25) is 0 Å². The summed E-state index contributed by atoms with van der Waals surface area (Å²) in [5.74, 6) is 2.31. The zero-order valence-electron chi connectivity index (χ0n) is 9.35. The van der Waals surface area contributed by atoms with Crippen LogP contribution < -0.4 is 10.1 Å². The number of hydrogen-bond acceptors (Lipinski definition) is 4. The smallest absolute Gasteiger partial charge is 0.168 e. The van der Waals surface area contributed by atoms with E-state index < -0.39 is 0 Å². The summed E-state index contributed by atoms with van der Waals surface area (Å²) in [5, 5.41) is 3.02. The average molecular weight is 341 g/mol. The first kappa shape index (κ1) is 12.1. The topological polar surface area (TPSA) is 47.0 Å². The molecule has 0 bridgehead atoms. The van der Waals surface area contributed by atoms with Crippen molar-refractivity contribution in [3.8, 4) is 5.75 Å². The third-order valence-corrected chi connectivity index (χ3v) is 2.93. The van der Waals surface area contributed by atoms with E-state index in [1.54, 1.807) is 6.20 Å². The maximum Gasteiger partial charge on any atom is 0.168 e. The standard InChI is InChI=1S/C12H12IN3O/c1-14-12-10(13)7-15-11(16-12)8-17-9-5-3-2-4-6-9/h2-7H,8H2,1H3,(H,14,15,16). The summed E-state index contributed by atoms with van der Waals surface area (Å²) >= 11 is 2.19. The number of nitrogens with zero attached hydrogens (tertiary/aromatic N) is 2. The molecule has 0 aliphatic heterocycles. The highest BCUT2D eigenvalue weighted by Gasteiger charge is 2.03. The second-order valence-corrected chi connectivity index (χ2v) is 4.50. The van der Waals surface area contributed by atoms with E-state index in [4.69, 9.17) is 4.74 Å². The van der Waals surface area contributed by atoms with Gasteiger partial charge in [0, 0.05) is 13.2 Å². The average Bonchev–Trinajstić information content (AvgIpc) is 2.39. The molecular formula is C12H12IN3O. The number of anilines is 1. The highest BCUT2D eigenvalue weighted by molar-refractivity contribution is 14.1. The minimum atomic E-state index is 0.371. The molecule has 0 saturated carbocycles. The van der Waals surface area contributed by atoms with Gasteiger partial charge in [-0.25, -0.2) is 9.97 Å². The Morgan fingerprint density at radius 2 is 2.06 bits per heavy atom. The first-order valence-electron chi connectivity index (χ1n) is 5.16. The first-order chi connectivity index (χ1) is 8.29. The van der Waals surface area contributed by atoms with Crippen LogP contribution in [0.15, 0.2) is 36.5 Å². The van der Waals surface area contributed by atoms with Crippen LogP contribution in [0.5, 0.6) is 5.75 Å². The van der Waals surface area contributed by atoms with Gasteiger partial charge in [0.15, 0.2) is 5.82 Å². The Kier molecular flexibility index (Phi) is 4.13. The molecule has 5 heteroatoms. The molecule has 88 valence electrons. The molecule has 1 N–H and O–H groups in total. The summed E-state index contributed by atoms with van der Waals surface area (Å²) in [6.45, 7) is 0.371. The number of rotatable bonds is 4. The van der Waals surface area contributed by atoms with Crippen molar-refractivity contribution >= 4 is 28.4 Å². The molecule has 0 saturated heterocycles. The van der Waals surface area contributed by atoms with Crippen molar-refractivity contribution in [3.63, 3.8) is 0 Å². The van der Waals surface area contributed by atoms with Gasteiger partial charge in [-0.1, -0.05) is 18.2 Å². The third-order valence-electron chi connectivity index (χ3n) is 2.14. The molecule has 0 atom stereocenters. The Balaban J connectivity index is 2.04. The van der Waals surface area contributed by atoms with Crippen molar-refractivity contribution in [2.45, 2.75) is 6.61 Å². The largest absolute Gasteiger partial charge is 0.486 e. The highest BCUT2D eigenvalue weighted by Crippen LogP contribution is 2.15.